The van der Waals surface area contributed by atoms with E-state index in [1.54, 1.807) is 6.20 Å². The smallest absolute Gasteiger partial charge is 0.208 e. The predicted molar refractivity (Wildman–Crippen MR) is 61.6 cm³/mol. The molecule has 2 heterocycles. The summed E-state index contributed by atoms with van der Waals surface area (Å²) in [4.78, 5) is 14.6. The summed E-state index contributed by atoms with van der Waals surface area (Å²) in [7, 11) is 0. The topological polar surface area (TPSA) is 66.0 Å². The van der Waals surface area contributed by atoms with E-state index < -0.39 is 0 Å². The van der Waals surface area contributed by atoms with Gasteiger partial charge in [-0.2, -0.15) is 0 Å². The van der Waals surface area contributed by atoms with Gasteiger partial charge < -0.3 is 10.6 Å². The van der Waals surface area contributed by atoms with Gasteiger partial charge in [0.05, 0.1) is 12.3 Å². The van der Waals surface area contributed by atoms with Crippen LogP contribution in [0.1, 0.15) is 19.3 Å². The molecule has 0 aliphatic carbocycles. The molecule has 1 amide bonds. The lowest BCUT2D eigenvalue weighted by atomic mass is 10.1. The molecule has 0 saturated carbocycles. The number of hydrogen-bond donors (Lipinski definition) is 3. The molecule has 0 spiro atoms. The zero-order valence-electron chi connectivity index (χ0n) is 9.02. The van der Waals surface area contributed by atoms with Crippen molar-refractivity contribution < 1.29 is 4.79 Å². The Bertz CT molecular complexity index is 330. The third-order valence-corrected chi connectivity index (χ3v) is 2.64. The molecule has 1 saturated heterocycles. The van der Waals surface area contributed by atoms with Gasteiger partial charge >= 0.3 is 0 Å². The second kappa shape index (κ2) is 5.46. The first-order valence-electron chi connectivity index (χ1n) is 5.52. The normalized spacial score (nSPS) is 24.8. The molecule has 3 N–H and O–H groups in total. The van der Waals surface area contributed by atoms with Crippen molar-refractivity contribution in [3.8, 4) is 0 Å². The highest BCUT2D eigenvalue weighted by Crippen LogP contribution is 2.13. The molecule has 1 aromatic heterocycles. The summed E-state index contributed by atoms with van der Waals surface area (Å²) in [6, 6.07) is 5.76. The molecule has 1 aromatic rings. The van der Waals surface area contributed by atoms with Crippen LogP contribution in [-0.4, -0.2) is 23.7 Å². The number of anilines is 1. The zero-order chi connectivity index (χ0) is 11.2. The molecule has 5 nitrogen and oxygen atoms in total. The number of nitrogens with zero attached hydrogens (tertiary/aromatic N) is 1. The molecular weight excluding hydrogens is 204 g/mol. The quantitative estimate of drug-likeness (QED) is 0.652. The summed E-state index contributed by atoms with van der Waals surface area (Å²) < 4.78 is 0. The van der Waals surface area contributed by atoms with Gasteiger partial charge in [0.2, 0.25) is 6.41 Å². The van der Waals surface area contributed by atoms with Gasteiger partial charge in [-0.15, -0.1) is 0 Å². The Morgan fingerprint density at radius 2 is 2.25 bits per heavy atom. The summed E-state index contributed by atoms with van der Waals surface area (Å²) in [6.45, 7) is 0. The average molecular weight is 220 g/mol. The van der Waals surface area contributed by atoms with Crippen LogP contribution in [0.5, 0.6) is 0 Å². The molecule has 86 valence electrons. The zero-order valence-corrected chi connectivity index (χ0v) is 9.02. The SMILES string of the molecule is O=CNC1CCCC(Nc2ccccn2)N1. The van der Waals surface area contributed by atoms with Gasteiger partial charge in [-0.3, -0.25) is 10.1 Å². The van der Waals surface area contributed by atoms with Crippen molar-refractivity contribution >= 4 is 12.2 Å². The predicted octanol–water partition coefficient (Wildman–Crippen LogP) is 0.665. The highest BCUT2D eigenvalue weighted by atomic mass is 16.1. The number of amides is 1. The second-order valence-electron chi connectivity index (χ2n) is 3.85. The summed E-state index contributed by atoms with van der Waals surface area (Å²) in [5.74, 6) is 0.853. The van der Waals surface area contributed by atoms with E-state index in [9.17, 15) is 4.79 Å². The van der Waals surface area contributed by atoms with Crippen molar-refractivity contribution in [3.05, 3.63) is 24.4 Å². The van der Waals surface area contributed by atoms with E-state index in [2.05, 4.69) is 20.9 Å². The molecule has 5 heteroatoms. The van der Waals surface area contributed by atoms with Gasteiger partial charge in [-0.1, -0.05) is 6.07 Å². The number of rotatable bonds is 4. The van der Waals surface area contributed by atoms with E-state index in [4.69, 9.17) is 0 Å². The van der Waals surface area contributed by atoms with Gasteiger partial charge in [0.15, 0.2) is 0 Å². The van der Waals surface area contributed by atoms with Gasteiger partial charge in [0.1, 0.15) is 5.82 Å². The maximum absolute atomic E-state index is 10.4. The Morgan fingerprint density at radius 1 is 1.38 bits per heavy atom. The highest BCUT2D eigenvalue weighted by Gasteiger charge is 2.19. The molecule has 2 atom stereocenters. The Hall–Kier alpha value is -1.62. The molecule has 16 heavy (non-hydrogen) atoms. The summed E-state index contributed by atoms with van der Waals surface area (Å²) >= 11 is 0. The largest absolute Gasteiger partial charge is 0.355 e. The number of hydrogen-bond acceptors (Lipinski definition) is 4. The first kappa shape index (κ1) is 10.9. The number of piperidine rings is 1. The van der Waals surface area contributed by atoms with Crippen LogP contribution in [0.3, 0.4) is 0 Å². The number of pyridine rings is 1. The van der Waals surface area contributed by atoms with Crippen molar-refractivity contribution in [3.63, 3.8) is 0 Å². The van der Waals surface area contributed by atoms with E-state index >= 15 is 0 Å². The highest BCUT2D eigenvalue weighted by molar-refractivity contribution is 5.46. The van der Waals surface area contributed by atoms with Crippen LogP contribution < -0.4 is 16.0 Å². The van der Waals surface area contributed by atoms with E-state index in [1.807, 2.05) is 18.2 Å². The van der Waals surface area contributed by atoms with E-state index in [0.717, 1.165) is 31.5 Å². The standard InChI is InChI=1S/C11H16N4O/c16-8-13-10-5-3-6-11(15-10)14-9-4-1-2-7-12-9/h1-2,4,7-8,10-11,15H,3,5-6H2,(H,12,14)(H,13,16). The Balaban J connectivity index is 1.88. The number of nitrogens with one attached hydrogen (secondary N) is 3. The monoisotopic (exact) mass is 220 g/mol. The molecule has 0 radical (unpaired) electrons. The van der Waals surface area contributed by atoms with Crippen LogP contribution in [0.25, 0.3) is 0 Å². The molecule has 1 aliphatic heterocycles. The summed E-state index contributed by atoms with van der Waals surface area (Å²) in [5, 5.41) is 9.35. The van der Waals surface area contributed by atoms with Gasteiger partial charge in [0, 0.05) is 6.20 Å². The summed E-state index contributed by atoms with van der Waals surface area (Å²) in [6.07, 6.45) is 5.82. The number of carbonyl (C=O) groups is 1. The Morgan fingerprint density at radius 3 is 3.00 bits per heavy atom. The van der Waals surface area contributed by atoms with Crippen LogP contribution in [0, 0.1) is 0 Å². The Kier molecular flexibility index (Phi) is 3.71. The van der Waals surface area contributed by atoms with Crippen LogP contribution in [-0.2, 0) is 4.79 Å². The maximum Gasteiger partial charge on any atom is 0.208 e. The van der Waals surface area contributed by atoms with Crippen LogP contribution in [0.4, 0.5) is 5.82 Å². The first-order chi connectivity index (χ1) is 7.88. The molecule has 1 fully saturated rings. The molecule has 2 unspecified atom stereocenters. The molecule has 0 bridgehead atoms. The minimum Gasteiger partial charge on any atom is -0.355 e. The first-order valence-corrected chi connectivity index (χ1v) is 5.52. The summed E-state index contributed by atoms with van der Waals surface area (Å²) in [5.41, 5.74) is 0. The van der Waals surface area contributed by atoms with Gasteiger partial charge in [-0.05, 0) is 31.4 Å². The minimum absolute atomic E-state index is 0.0625. The van der Waals surface area contributed by atoms with E-state index in [-0.39, 0.29) is 12.3 Å². The van der Waals surface area contributed by atoms with Crippen molar-refractivity contribution in [2.24, 2.45) is 0 Å². The fourth-order valence-electron chi connectivity index (χ4n) is 1.89. The minimum atomic E-state index is 0.0625. The molecule has 1 aliphatic rings. The van der Waals surface area contributed by atoms with Crippen LogP contribution in [0.2, 0.25) is 0 Å². The number of carbonyl (C=O) groups excluding carboxylic acids is 1. The van der Waals surface area contributed by atoms with Crippen molar-refractivity contribution in [1.82, 2.24) is 15.6 Å². The van der Waals surface area contributed by atoms with Crippen LogP contribution in [0.15, 0.2) is 24.4 Å². The number of aromatic nitrogens is 1. The van der Waals surface area contributed by atoms with Crippen molar-refractivity contribution in [1.29, 1.82) is 0 Å². The van der Waals surface area contributed by atoms with Crippen LogP contribution >= 0.6 is 0 Å². The molecule has 2 rings (SSSR count). The molecular formula is C11H16N4O. The van der Waals surface area contributed by atoms with E-state index in [1.165, 1.54) is 0 Å². The third-order valence-electron chi connectivity index (χ3n) is 2.64. The fraction of sp³-hybridized carbons (Fsp3) is 0.455. The lowest BCUT2D eigenvalue weighted by Crippen LogP contribution is -2.52. The fourth-order valence-corrected chi connectivity index (χ4v) is 1.89. The maximum atomic E-state index is 10.4. The van der Waals surface area contributed by atoms with Crippen molar-refractivity contribution in [2.75, 3.05) is 5.32 Å². The van der Waals surface area contributed by atoms with E-state index in [0.29, 0.717) is 0 Å². The Labute approximate surface area is 94.6 Å². The lowest BCUT2D eigenvalue weighted by Gasteiger charge is -2.31. The van der Waals surface area contributed by atoms with Gasteiger partial charge in [-0.25, -0.2) is 4.98 Å². The second-order valence-corrected chi connectivity index (χ2v) is 3.85. The molecule has 0 aromatic carbocycles. The van der Waals surface area contributed by atoms with Crippen molar-refractivity contribution in [2.45, 2.75) is 31.6 Å². The average Bonchev–Trinajstić information content (AvgIpc) is 2.31. The van der Waals surface area contributed by atoms with Gasteiger partial charge in [0.25, 0.3) is 0 Å². The lowest BCUT2D eigenvalue weighted by molar-refractivity contribution is -0.110. The third kappa shape index (κ3) is 2.93.